The summed E-state index contributed by atoms with van der Waals surface area (Å²) in [6.07, 6.45) is 2.62. The van der Waals surface area contributed by atoms with Crippen molar-refractivity contribution in [3.8, 4) is 11.4 Å². The lowest BCUT2D eigenvalue weighted by Gasteiger charge is -2.33. The second kappa shape index (κ2) is 15.1. The van der Waals surface area contributed by atoms with Gasteiger partial charge in [-0.1, -0.05) is 32.9 Å². The van der Waals surface area contributed by atoms with Crippen LogP contribution in [0.3, 0.4) is 0 Å². The van der Waals surface area contributed by atoms with Crippen molar-refractivity contribution in [2.24, 2.45) is 0 Å². The van der Waals surface area contributed by atoms with Gasteiger partial charge in [-0.15, -0.1) is 0 Å². The number of carbonyl (C=O) groups is 3. The first-order chi connectivity index (χ1) is 25.5. The fourth-order valence-corrected chi connectivity index (χ4v) is 6.62. The van der Waals surface area contributed by atoms with Crippen molar-refractivity contribution in [3.05, 3.63) is 96.9 Å². The first-order valence-corrected chi connectivity index (χ1v) is 17.7. The van der Waals surface area contributed by atoms with Crippen molar-refractivity contribution in [1.82, 2.24) is 29.5 Å². The van der Waals surface area contributed by atoms with Crippen LogP contribution < -0.4 is 20.7 Å². The smallest absolute Gasteiger partial charge is 0.324 e. The highest BCUT2D eigenvalue weighted by Gasteiger charge is 2.38. The first-order valence-electron chi connectivity index (χ1n) is 17.7. The van der Waals surface area contributed by atoms with E-state index in [0.29, 0.717) is 69.6 Å². The number of ether oxygens (including phenoxy) is 2. The van der Waals surface area contributed by atoms with Crippen LogP contribution in [0.2, 0.25) is 0 Å². The number of fused-ring (bicyclic) bond motifs is 2. The predicted molar refractivity (Wildman–Crippen MR) is 202 cm³/mol. The summed E-state index contributed by atoms with van der Waals surface area (Å²) in [5, 5.41) is 16.2. The van der Waals surface area contributed by atoms with E-state index in [0.717, 1.165) is 33.0 Å². The SMILES string of the molecule is [CH2]N1C(=O)CCC(N2Cc3cccc(NCCOCCOc4ccc5c(c4)ncn5-c4ccc(NC(=O)Nc5cc(C(C)(C)C)n[nH]5)cc4)c3C2)C1=O. The number of H-pyrrole nitrogens is 1. The maximum atomic E-state index is 12.7. The van der Waals surface area contributed by atoms with Gasteiger partial charge in [0.2, 0.25) is 11.8 Å². The van der Waals surface area contributed by atoms with E-state index >= 15 is 0 Å². The largest absolute Gasteiger partial charge is 0.491 e. The van der Waals surface area contributed by atoms with Gasteiger partial charge in [-0.05, 0) is 60.0 Å². The summed E-state index contributed by atoms with van der Waals surface area (Å²) in [5.41, 5.74) is 7.38. The minimum absolute atomic E-state index is 0.123. The van der Waals surface area contributed by atoms with E-state index in [1.165, 1.54) is 11.1 Å². The summed E-state index contributed by atoms with van der Waals surface area (Å²) in [4.78, 5) is 44.8. The van der Waals surface area contributed by atoms with Crippen molar-refractivity contribution in [2.45, 2.75) is 58.2 Å². The molecule has 4 heterocycles. The van der Waals surface area contributed by atoms with Crippen LogP contribution in [0.5, 0.6) is 5.75 Å². The average molecular weight is 719 g/mol. The van der Waals surface area contributed by atoms with Gasteiger partial charge >= 0.3 is 6.03 Å². The van der Waals surface area contributed by atoms with Crippen LogP contribution in [-0.4, -0.2) is 79.8 Å². The number of amides is 4. The molecular weight excluding hydrogens is 674 g/mol. The Balaban J connectivity index is 0.840. The molecule has 0 aliphatic carbocycles. The van der Waals surface area contributed by atoms with Crippen LogP contribution in [0.4, 0.5) is 22.0 Å². The highest BCUT2D eigenvalue weighted by molar-refractivity contribution is 6.01. The topological polar surface area (TPSA) is 159 Å². The standard InChI is InChI=1S/C39H44N9O5/c1-39(2,3)34-21-35(45-44-34)43-38(51)42-26-8-10-27(11-9-26)48-24-41-31-20-28(12-13-32(31)48)53-19-18-52-17-16-40-30-7-5-6-25-22-47(23-29(25)30)33-14-15-36(49)46(4)37(33)50/h5-13,20-21,24,33,40H,4,14-19,22-23H2,1-3H3,(H3,42,43,44,45,51). The molecule has 7 rings (SSSR count). The molecule has 1 fully saturated rings. The summed E-state index contributed by atoms with van der Waals surface area (Å²) < 4.78 is 13.8. The third-order valence-corrected chi connectivity index (χ3v) is 9.51. The zero-order chi connectivity index (χ0) is 37.1. The van der Waals surface area contributed by atoms with Crippen molar-refractivity contribution < 1.29 is 23.9 Å². The maximum Gasteiger partial charge on any atom is 0.324 e. The zero-order valence-corrected chi connectivity index (χ0v) is 30.1. The van der Waals surface area contributed by atoms with Gasteiger partial charge in [0.25, 0.3) is 0 Å². The molecule has 275 valence electrons. The molecule has 1 radical (unpaired) electrons. The average Bonchev–Trinajstić information content (AvgIpc) is 3.89. The van der Waals surface area contributed by atoms with Crippen molar-refractivity contribution >= 4 is 46.1 Å². The molecule has 0 bridgehead atoms. The molecule has 14 heteroatoms. The number of nitrogens with one attached hydrogen (secondary N) is 4. The molecule has 1 unspecified atom stereocenters. The lowest BCUT2D eigenvalue weighted by Crippen LogP contribution is -2.50. The summed E-state index contributed by atoms with van der Waals surface area (Å²) in [6, 6.07) is 20.6. The molecule has 4 amide bonds. The quantitative estimate of drug-likeness (QED) is 0.0921. The van der Waals surface area contributed by atoms with Gasteiger partial charge in [0.05, 0.1) is 36.0 Å². The Morgan fingerprint density at radius 3 is 2.62 bits per heavy atom. The van der Waals surface area contributed by atoms with Crippen LogP contribution >= 0.6 is 0 Å². The van der Waals surface area contributed by atoms with Crippen molar-refractivity contribution in [3.63, 3.8) is 0 Å². The van der Waals surface area contributed by atoms with Gasteiger partial charge in [0, 0.05) is 67.7 Å². The number of imidazole rings is 1. The van der Waals surface area contributed by atoms with Crippen LogP contribution in [-0.2, 0) is 32.8 Å². The summed E-state index contributed by atoms with van der Waals surface area (Å²) in [6.45, 7) is 9.43. The Morgan fingerprint density at radius 1 is 1.00 bits per heavy atom. The zero-order valence-electron chi connectivity index (χ0n) is 30.1. The van der Waals surface area contributed by atoms with Crippen LogP contribution in [0.25, 0.3) is 16.7 Å². The number of aromatic amines is 1. The number of anilines is 3. The Kier molecular flexibility index (Phi) is 10.2. The molecule has 1 saturated heterocycles. The lowest BCUT2D eigenvalue weighted by molar-refractivity contribution is -0.149. The van der Waals surface area contributed by atoms with Gasteiger partial charge in [0.15, 0.2) is 0 Å². The number of carbonyl (C=O) groups excluding carboxylic acids is 3. The molecule has 53 heavy (non-hydrogen) atoms. The van der Waals surface area contributed by atoms with E-state index < -0.39 is 0 Å². The van der Waals surface area contributed by atoms with Gasteiger partial charge in [-0.2, -0.15) is 5.10 Å². The van der Waals surface area contributed by atoms with E-state index in [-0.39, 0.29) is 29.3 Å². The number of rotatable bonds is 12. The molecule has 0 spiro atoms. The highest BCUT2D eigenvalue weighted by Crippen LogP contribution is 2.33. The van der Waals surface area contributed by atoms with Gasteiger partial charge in [0.1, 0.15) is 24.5 Å². The number of urea groups is 1. The highest BCUT2D eigenvalue weighted by atomic mass is 16.5. The van der Waals surface area contributed by atoms with Crippen molar-refractivity contribution in [2.75, 3.05) is 42.3 Å². The van der Waals surface area contributed by atoms with Crippen molar-refractivity contribution in [1.29, 1.82) is 0 Å². The fraction of sp³-hybridized carbons (Fsp3) is 0.333. The van der Waals surface area contributed by atoms with Gasteiger partial charge in [-0.25, -0.2) is 9.78 Å². The lowest BCUT2D eigenvalue weighted by atomic mass is 9.92. The van der Waals surface area contributed by atoms with E-state index in [2.05, 4.69) is 69.9 Å². The number of aromatic nitrogens is 4. The molecule has 4 N–H and O–H groups in total. The number of imide groups is 1. The van der Waals surface area contributed by atoms with Gasteiger partial charge in [-0.3, -0.25) is 34.4 Å². The monoisotopic (exact) mass is 718 g/mol. The molecule has 5 aromatic rings. The Bertz CT molecular complexity index is 2120. The molecule has 14 nitrogen and oxygen atoms in total. The number of hydrogen-bond acceptors (Lipinski definition) is 9. The van der Waals surface area contributed by atoms with E-state index in [1.54, 1.807) is 6.33 Å². The fourth-order valence-electron chi connectivity index (χ4n) is 6.62. The summed E-state index contributed by atoms with van der Waals surface area (Å²) in [7, 11) is 3.64. The molecule has 3 aromatic carbocycles. The number of benzene rings is 3. The number of hydrogen-bond donors (Lipinski definition) is 4. The number of nitrogens with zero attached hydrogens (tertiary/aromatic N) is 5. The van der Waals surface area contributed by atoms with E-state index in [1.807, 2.05) is 65.2 Å². The second-order valence-corrected chi connectivity index (χ2v) is 14.3. The molecule has 2 aliphatic rings. The van der Waals surface area contributed by atoms with E-state index in [9.17, 15) is 14.4 Å². The molecule has 2 aliphatic heterocycles. The minimum Gasteiger partial charge on any atom is -0.491 e. The van der Waals surface area contributed by atoms with Gasteiger partial charge < -0.3 is 20.1 Å². The Labute approximate surface area is 307 Å². The van der Waals surface area contributed by atoms with Crippen LogP contribution in [0.1, 0.15) is 50.4 Å². The third kappa shape index (κ3) is 8.03. The normalized spacial score (nSPS) is 16.2. The van der Waals surface area contributed by atoms with Crippen LogP contribution in [0.15, 0.2) is 73.1 Å². The predicted octanol–water partition coefficient (Wildman–Crippen LogP) is 5.82. The maximum absolute atomic E-state index is 12.7. The third-order valence-electron chi connectivity index (χ3n) is 9.51. The number of piperidine rings is 1. The van der Waals surface area contributed by atoms with E-state index in [4.69, 9.17) is 9.47 Å². The Morgan fingerprint density at radius 2 is 1.83 bits per heavy atom. The first kappa shape index (κ1) is 35.7. The minimum atomic E-state index is -0.366. The molecule has 1 atom stereocenters. The van der Waals surface area contributed by atoms with Crippen LogP contribution in [0, 0.1) is 7.05 Å². The molecule has 2 aromatic heterocycles. The summed E-state index contributed by atoms with van der Waals surface area (Å²) >= 11 is 0. The summed E-state index contributed by atoms with van der Waals surface area (Å²) in [5.74, 6) is 0.786. The second-order valence-electron chi connectivity index (χ2n) is 14.3. The molecule has 0 saturated carbocycles. The molecular formula is C39H44N9O5. The number of likely N-dealkylation sites (tertiary alicyclic amines) is 1. The Hall–Kier alpha value is -5.73.